The zero-order valence-electron chi connectivity index (χ0n) is 15.2. The van der Waals surface area contributed by atoms with Gasteiger partial charge in [-0.25, -0.2) is 14.4 Å². The number of ether oxygens (including phenoxy) is 2. The smallest absolute Gasteiger partial charge is 0.343 e. The normalized spacial score (nSPS) is 10.1. The molecule has 30 heavy (non-hydrogen) atoms. The van der Waals surface area contributed by atoms with Crippen molar-refractivity contribution in [3.8, 4) is 11.5 Å². The average molecular weight is 405 g/mol. The number of hydrogen-bond donors (Lipinski definition) is 1. The highest BCUT2D eigenvalue weighted by Gasteiger charge is 2.16. The second-order valence-electron chi connectivity index (χ2n) is 5.97. The van der Waals surface area contributed by atoms with Crippen LogP contribution < -0.4 is 14.6 Å². The minimum Gasteiger partial charge on any atom is -0.545 e. The fraction of sp³-hybridized carbons (Fsp3) is 0. The zero-order chi connectivity index (χ0) is 21.7. The Balaban J connectivity index is 1.75. The van der Waals surface area contributed by atoms with E-state index in [1.54, 1.807) is 12.1 Å². The van der Waals surface area contributed by atoms with Crippen molar-refractivity contribution in [2.24, 2.45) is 0 Å². The van der Waals surface area contributed by atoms with E-state index in [1.165, 1.54) is 60.7 Å². The number of para-hydroxylation sites is 2. The van der Waals surface area contributed by atoms with Crippen molar-refractivity contribution in [1.82, 2.24) is 0 Å². The first kappa shape index (κ1) is 20.3. The molecular weight excluding hydrogens is 392 g/mol. The van der Waals surface area contributed by atoms with Crippen LogP contribution in [0.5, 0.6) is 11.5 Å². The van der Waals surface area contributed by atoms with Crippen LogP contribution in [-0.4, -0.2) is 29.0 Å². The van der Waals surface area contributed by atoms with Crippen molar-refractivity contribution in [2.45, 2.75) is 0 Å². The summed E-state index contributed by atoms with van der Waals surface area (Å²) in [6, 6.07) is 16.1. The lowest BCUT2D eigenvalue weighted by molar-refractivity contribution is -0.255. The first-order valence-electron chi connectivity index (χ1n) is 8.53. The van der Waals surface area contributed by atoms with E-state index in [4.69, 9.17) is 14.6 Å². The van der Waals surface area contributed by atoms with E-state index in [9.17, 15) is 24.3 Å². The second kappa shape index (κ2) is 8.70. The van der Waals surface area contributed by atoms with Crippen molar-refractivity contribution >= 4 is 23.9 Å². The molecule has 0 saturated carbocycles. The van der Waals surface area contributed by atoms with Crippen LogP contribution in [0.1, 0.15) is 41.4 Å². The fourth-order valence-electron chi connectivity index (χ4n) is 2.43. The number of carbonyl (C=O) groups is 4. The molecular formula is C22H13O8-. The Morgan fingerprint density at radius 1 is 0.600 bits per heavy atom. The number of esters is 2. The van der Waals surface area contributed by atoms with Gasteiger partial charge in [0.2, 0.25) is 0 Å². The van der Waals surface area contributed by atoms with E-state index in [0.717, 1.165) is 0 Å². The predicted molar refractivity (Wildman–Crippen MR) is 101 cm³/mol. The molecule has 0 aliphatic rings. The average Bonchev–Trinajstić information content (AvgIpc) is 2.75. The summed E-state index contributed by atoms with van der Waals surface area (Å²) in [5, 5.41) is 19.7. The number of carboxylic acid groups (broad SMARTS) is 2. The molecule has 0 bridgehead atoms. The van der Waals surface area contributed by atoms with Gasteiger partial charge >= 0.3 is 17.9 Å². The van der Waals surface area contributed by atoms with E-state index in [0.29, 0.717) is 0 Å². The Kier molecular flexibility index (Phi) is 5.88. The standard InChI is InChI=1S/C22H14O8/c23-19(24)13-5-9-15(10-6-13)21(27)29-17-3-1-2-4-18(17)30-22(28)16-11-7-14(8-12-16)20(25)26/h1-12H,(H,23,24)(H,25,26)/p-1. The van der Waals surface area contributed by atoms with Gasteiger partial charge in [0.1, 0.15) is 0 Å². The number of benzene rings is 3. The molecule has 0 amide bonds. The molecule has 0 aromatic heterocycles. The molecule has 0 fully saturated rings. The second-order valence-corrected chi connectivity index (χ2v) is 5.97. The van der Waals surface area contributed by atoms with E-state index in [-0.39, 0.29) is 33.8 Å². The quantitative estimate of drug-likeness (QED) is 0.488. The summed E-state index contributed by atoms with van der Waals surface area (Å²) in [6.07, 6.45) is 0. The van der Waals surface area contributed by atoms with Gasteiger partial charge in [0.15, 0.2) is 11.5 Å². The predicted octanol–water partition coefficient (Wildman–Crippen LogP) is 2.19. The molecule has 0 radical (unpaired) electrons. The summed E-state index contributed by atoms with van der Waals surface area (Å²) < 4.78 is 10.5. The van der Waals surface area contributed by atoms with Gasteiger partial charge in [-0.15, -0.1) is 0 Å². The molecule has 1 N–H and O–H groups in total. The highest BCUT2D eigenvalue weighted by Crippen LogP contribution is 2.28. The minimum atomic E-state index is -1.37. The number of carboxylic acids is 2. The molecule has 0 atom stereocenters. The van der Waals surface area contributed by atoms with Gasteiger partial charge in [0, 0.05) is 0 Å². The molecule has 3 aromatic rings. The summed E-state index contributed by atoms with van der Waals surface area (Å²) in [6.45, 7) is 0. The summed E-state index contributed by atoms with van der Waals surface area (Å²) in [5.41, 5.74) is 0.129. The molecule has 3 rings (SSSR count). The summed E-state index contributed by atoms with van der Waals surface area (Å²) in [7, 11) is 0. The molecule has 8 heteroatoms. The maximum Gasteiger partial charge on any atom is 0.343 e. The Labute approximate surface area is 169 Å². The molecule has 8 nitrogen and oxygen atoms in total. The monoisotopic (exact) mass is 405 g/mol. The summed E-state index contributed by atoms with van der Waals surface area (Å²) >= 11 is 0. The number of aromatic carboxylic acids is 2. The first-order chi connectivity index (χ1) is 14.3. The third kappa shape index (κ3) is 4.68. The van der Waals surface area contributed by atoms with Crippen LogP contribution >= 0.6 is 0 Å². The lowest BCUT2D eigenvalue weighted by Crippen LogP contribution is -2.22. The fourth-order valence-corrected chi connectivity index (χ4v) is 2.43. The minimum absolute atomic E-state index is 0.0191. The van der Waals surface area contributed by atoms with Crippen LogP contribution in [-0.2, 0) is 0 Å². The molecule has 3 aromatic carbocycles. The van der Waals surface area contributed by atoms with Crippen molar-refractivity contribution in [3.05, 3.63) is 95.1 Å². The first-order valence-corrected chi connectivity index (χ1v) is 8.53. The largest absolute Gasteiger partial charge is 0.545 e. The molecule has 0 heterocycles. The number of hydrogen-bond acceptors (Lipinski definition) is 7. The maximum atomic E-state index is 12.3. The summed E-state index contributed by atoms with van der Waals surface area (Å²) in [4.78, 5) is 46.3. The third-order valence-corrected chi connectivity index (χ3v) is 3.98. The molecule has 0 aliphatic heterocycles. The maximum absolute atomic E-state index is 12.3. The Morgan fingerprint density at radius 2 is 0.967 bits per heavy atom. The Bertz CT molecular complexity index is 1020. The van der Waals surface area contributed by atoms with Crippen molar-refractivity contribution in [1.29, 1.82) is 0 Å². The van der Waals surface area contributed by atoms with Crippen molar-refractivity contribution < 1.29 is 38.9 Å². The van der Waals surface area contributed by atoms with Gasteiger partial charge in [-0.1, -0.05) is 24.3 Å². The Hall–Kier alpha value is -4.46. The van der Waals surface area contributed by atoms with Gasteiger partial charge in [-0.3, -0.25) is 0 Å². The van der Waals surface area contributed by atoms with Gasteiger partial charge < -0.3 is 24.5 Å². The highest BCUT2D eigenvalue weighted by molar-refractivity contribution is 5.95. The van der Waals surface area contributed by atoms with Crippen LogP contribution in [0.3, 0.4) is 0 Å². The van der Waals surface area contributed by atoms with Gasteiger partial charge in [0.25, 0.3) is 0 Å². The van der Waals surface area contributed by atoms with Crippen LogP contribution in [0.4, 0.5) is 0 Å². The van der Waals surface area contributed by atoms with Crippen LogP contribution in [0, 0.1) is 0 Å². The Morgan fingerprint density at radius 3 is 1.33 bits per heavy atom. The molecule has 0 aliphatic carbocycles. The van der Waals surface area contributed by atoms with Gasteiger partial charge in [-0.2, -0.15) is 0 Å². The SMILES string of the molecule is O=C([O-])c1ccc(C(=O)Oc2ccccc2OC(=O)c2ccc(C(=O)O)cc2)cc1. The van der Waals surface area contributed by atoms with E-state index in [1.807, 2.05) is 0 Å². The van der Waals surface area contributed by atoms with Crippen LogP contribution in [0.2, 0.25) is 0 Å². The number of rotatable bonds is 6. The number of carbonyl (C=O) groups excluding carboxylic acids is 3. The molecule has 0 spiro atoms. The van der Waals surface area contributed by atoms with Crippen LogP contribution in [0.25, 0.3) is 0 Å². The van der Waals surface area contributed by atoms with E-state index in [2.05, 4.69) is 0 Å². The molecule has 0 saturated heterocycles. The topological polar surface area (TPSA) is 130 Å². The van der Waals surface area contributed by atoms with Gasteiger partial charge in [-0.05, 0) is 54.1 Å². The lowest BCUT2D eigenvalue weighted by atomic mass is 10.1. The van der Waals surface area contributed by atoms with E-state index >= 15 is 0 Å². The van der Waals surface area contributed by atoms with Crippen molar-refractivity contribution in [3.63, 3.8) is 0 Å². The molecule has 0 unspecified atom stereocenters. The zero-order valence-corrected chi connectivity index (χ0v) is 15.2. The van der Waals surface area contributed by atoms with Crippen LogP contribution in [0.15, 0.2) is 72.8 Å². The molecule has 150 valence electrons. The van der Waals surface area contributed by atoms with Gasteiger partial charge in [0.05, 0.1) is 22.7 Å². The summed E-state index contributed by atoms with van der Waals surface area (Å²) in [5.74, 6) is -4.10. The lowest BCUT2D eigenvalue weighted by Gasteiger charge is -2.11. The van der Waals surface area contributed by atoms with E-state index < -0.39 is 23.9 Å². The third-order valence-electron chi connectivity index (χ3n) is 3.98. The van der Waals surface area contributed by atoms with Crippen molar-refractivity contribution in [2.75, 3.05) is 0 Å². The highest BCUT2D eigenvalue weighted by atomic mass is 16.6.